The van der Waals surface area contributed by atoms with Crippen molar-refractivity contribution in [1.82, 2.24) is 20.0 Å². The van der Waals surface area contributed by atoms with Crippen LogP contribution in [0.2, 0.25) is 0 Å². The van der Waals surface area contributed by atoms with Crippen molar-refractivity contribution in [3.05, 3.63) is 59.1 Å². The maximum Gasteiger partial charge on any atom is 0.416 e. The van der Waals surface area contributed by atoms with Gasteiger partial charge in [-0.25, -0.2) is 4.98 Å². The van der Waals surface area contributed by atoms with Gasteiger partial charge in [0.1, 0.15) is 16.4 Å². The molecule has 1 aliphatic rings. The standard InChI is InChI=1S/C18H12F3N5O2S/c1-9-16-17(23-5-4-22-16)12(7-15(27)28)25-26(9)8-14-24-11-6-10(18(19,20)21)2-3-13(11)29-14/h2-6H,1,7-8H2,(H,27,28). The largest absolute Gasteiger partial charge is 0.481 e. The van der Waals surface area contributed by atoms with Gasteiger partial charge in [0.25, 0.3) is 0 Å². The van der Waals surface area contributed by atoms with E-state index in [1.165, 1.54) is 34.8 Å². The van der Waals surface area contributed by atoms with Crippen molar-refractivity contribution < 1.29 is 23.1 Å². The molecule has 7 nitrogen and oxygen atoms in total. The predicted octanol–water partition coefficient (Wildman–Crippen LogP) is 3.77. The fourth-order valence-corrected chi connectivity index (χ4v) is 3.81. The number of halogens is 3. The van der Waals surface area contributed by atoms with E-state index in [9.17, 15) is 18.0 Å². The molecule has 29 heavy (non-hydrogen) atoms. The highest BCUT2D eigenvalue weighted by atomic mass is 32.1. The van der Waals surface area contributed by atoms with Crippen molar-refractivity contribution in [1.29, 1.82) is 0 Å². The fourth-order valence-electron chi connectivity index (χ4n) is 2.88. The Morgan fingerprint density at radius 1 is 1.21 bits per heavy atom. The topological polar surface area (TPSA) is 91.6 Å². The molecule has 0 saturated heterocycles. The number of nitrogens with zero attached hydrogens (tertiary/aromatic N) is 5. The van der Waals surface area contributed by atoms with Crippen LogP contribution in [0.25, 0.3) is 15.9 Å². The molecule has 0 unspecified atom stereocenters. The molecule has 0 fully saturated rings. The number of hydrogen-bond donors (Lipinski definition) is 1. The third-order valence-corrected chi connectivity index (χ3v) is 5.18. The molecular weight excluding hydrogens is 407 g/mol. The average molecular weight is 419 g/mol. The highest BCUT2D eigenvalue weighted by Crippen LogP contribution is 2.34. The molecule has 1 aliphatic heterocycles. The molecule has 0 aliphatic carbocycles. The zero-order chi connectivity index (χ0) is 20.8. The predicted molar refractivity (Wildman–Crippen MR) is 100 cm³/mol. The Kier molecular flexibility index (Phi) is 4.53. The average Bonchev–Trinajstić information content (AvgIpc) is 3.06. The van der Waals surface area contributed by atoms with Gasteiger partial charge in [0.05, 0.1) is 40.2 Å². The summed E-state index contributed by atoms with van der Waals surface area (Å²) in [6.07, 6.45) is -1.91. The second-order valence-corrected chi connectivity index (χ2v) is 7.28. The van der Waals surface area contributed by atoms with E-state index < -0.39 is 17.7 Å². The lowest BCUT2D eigenvalue weighted by atomic mass is 10.1. The number of hydrazone groups is 1. The van der Waals surface area contributed by atoms with Crippen LogP contribution in [0.5, 0.6) is 0 Å². The first-order valence-electron chi connectivity index (χ1n) is 8.26. The van der Waals surface area contributed by atoms with E-state index in [0.29, 0.717) is 26.8 Å². The van der Waals surface area contributed by atoms with Crippen molar-refractivity contribution in [2.75, 3.05) is 0 Å². The van der Waals surface area contributed by atoms with Crippen LogP contribution in [-0.2, 0) is 17.5 Å². The van der Waals surface area contributed by atoms with Gasteiger partial charge in [-0.2, -0.15) is 18.3 Å². The van der Waals surface area contributed by atoms with Crippen LogP contribution in [0.4, 0.5) is 13.2 Å². The zero-order valence-electron chi connectivity index (χ0n) is 14.6. The van der Waals surface area contributed by atoms with Gasteiger partial charge in [-0.3, -0.25) is 19.8 Å². The van der Waals surface area contributed by atoms with E-state index in [4.69, 9.17) is 5.11 Å². The van der Waals surface area contributed by atoms with Gasteiger partial charge in [-0.15, -0.1) is 11.3 Å². The van der Waals surface area contributed by atoms with Crippen LogP contribution in [-0.4, -0.2) is 36.7 Å². The van der Waals surface area contributed by atoms with Crippen LogP contribution in [0.15, 0.2) is 42.3 Å². The first kappa shape index (κ1) is 19.0. The fraction of sp³-hybridized carbons (Fsp3) is 0.167. The van der Waals surface area contributed by atoms with Crippen LogP contribution in [0.1, 0.15) is 28.4 Å². The third-order valence-electron chi connectivity index (χ3n) is 4.16. The van der Waals surface area contributed by atoms with Gasteiger partial charge in [0.15, 0.2) is 0 Å². The number of carbonyl (C=O) groups is 1. The lowest BCUT2D eigenvalue weighted by molar-refractivity contribution is -0.137. The number of rotatable bonds is 4. The molecule has 0 radical (unpaired) electrons. The normalized spacial score (nSPS) is 14.1. The number of carboxylic acids is 1. The van der Waals surface area contributed by atoms with Crippen molar-refractivity contribution >= 4 is 38.9 Å². The molecule has 0 amide bonds. The molecule has 4 rings (SSSR count). The van der Waals surface area contributed by atoms with E-state index in [1.807, 2.05) is 0 Å². The maximum atomic E-state index is 12.9. The molecule has 3 heterocycles. The van der Waals surface area contributed by atoms with Crippen LogP contribution in [0.3, 0.4) is 0 Å². The summed E-state index contributed by atoms with van der Waals surface area (Å²) in [4.78, 5) is 23.8. The number of thiazole rings is 1. The number of alkyl halides is 3. The monoisotopic (exact) mass is 419 g/mol. The lowest BCUT2D eigenvalue weighted by Gasteiger charge is -2.26. The summed E-state index contributed by atoms with van der Waals surface area (Å²) < 4.78 is 39.3. The van der Waals surface area contributed by atoms with Gasteiger partial charge < -0.3 is 5.11 Å². The molecule has 0 bridgehead atoms. The number of benzene rings is 1. The SMILES string of the molecule is C=C1c2nccnc2C(CC(=O)O)=NN1Cc1nc2cc(C(F)(F)F)ccc2s1. The molecular formula is C18H12F3N5O2S. The summed E-state index contributed by atoms with van der Waals surface area (Å²) in [6, 6.07) is 3.39. The Morgan fingerprint density at radius 2 is 1.93 bits per heavy atom. The first-order valence-corrected chi connectivity index (χ1v) is 9.08. The summed E-state index contributed by atoms with van der Waals surface area (Å²) in [7, 11) is 0. The quantitative estimate of drug-likeness (QED) is 0.692. The van der Waals surface area contributed by atoms with Gasteiger partial charge in [-0.1, -0.05) is 6.58 Å². The molecule has 0 spiro atoms. The van der Waals surface area contributed by atoms with Crippen molar-refractivity contribution in [3.63, 3.8) is 0 Å². The Hall–Kier alpha value is -3.34. The van der Waals surface area contributed by atoms with Crippen molar-refractivity contribution in [2.45, 2.75) is 19.1 Å². The highest BCUT2D eigenvalue weighted by Gasteiger charge is 2.31. The molecule has 3 aromatic rings. The zero-order valence-corrected chi connectivity index (χ0v) is 15.5. The number of carboxylic acid groups (broad SMARTS) is 1. The minimum atomic E-state index is -4.45. The maximum absolute atomic E-state index is 12.9. The second-order valence-electron chi connectivity index (χ2n) is 6.16. The molecule has 0 saturated carbocycles. The minimum Gasteiger partial charge on any atom is -0.481 e. The molecule has 1 N–H and O–H groups in total. The summed E-state index contributed by atoms with van der Waals surface area (Å²) in [5, 5.41) is 15.4. The number of hydrogen-bond acceptors (Lipinski definition) is 7. The van der Waals surface area contributed by atoms with Crippen LogP contribution >= 0.6 is 11.3 Å². The van der Waals surface area contributed by atoms with E-state index in [0.717, 1.165) is 12.1 Å². The van der Waals surface area contributed by atoms with Crippen molar-refractivity contribution in [3.8, 4) is 0 Å². The van der Waals surface area contributed by atoms with Crippen molar-refractivity contribution in [2.24, 2.45) is 5.10 Å². The highest BCUT2D eigenvalue weighted by molar-refractivity contribution is 7.18. The Labute approximate surface area is 165 Å². The molecule has 0 atom stereocenters. The smallest absolute Gasteiger partial charge is 0.416 e. The molecule has 148 valence electrons. The Bertz CT molecular complexity index is 1170. The Balaban J connectivity index is 1.68. The molecule has 11 heteroatoms. The number of aliphatic carboxylic acids is 1. The van der Waals surface area contributed by atoms with Gasteiger partial charge in [-0.05, 0) is 18.2 Å². The van der Waals surface area contributed by atoms with E-state index in [-0.39, 0.29) is 24.2 Å². The van der Waals surface area contributed by atoms with Gasteiger partial charge >= 0.3 is 12.1 Å². The van der Waals surface area contributed by atoms with Gasteiger partial charge in [0, 0.05) is 12.4 Å². The summed E-state index contributed by atoms with van der Waals surface area (Å²) in [5.74, 6) is -1.08. The minimum absolute atomic E-state index is 0.110. The van der Waals surface area contributed by atoms with E-state index in [2.05, 4.69) is 26.6 Å². The van der Waals surface area contributed by atoms with E-state index in [1.54, 1.807) is 0 Å². The van der Waals surface area contributed by atoms with Crippen LogP contribution < -0.4 is 0 Å². The second kappa shape index (κ2) is 6.92. The number of fused-ring (bicyclic) bond motifs is 2. The summed E-state index contributed by atoms with van der Waals surface area (Å²) in [6.45, 7) is 4.05. The number of aromatic nitrogens is 3. The first-order chi connectivity index (χ1) is 13.7. The molecule has 1 aromatic carbocycles. The lowest BCUT2D eigenvalue weighted by Crippen LogP contribution is -2.27. The third kappa shape index (κ3) is 3.68. The van der Waals surface area contributed by atoms with Crippen LogP contribution in [0, 0.1) is 0 Å². The summed E-state index contributed by atoms with van der Waals surface area (Å²) in [5.41, 5.74) is 0.827. The Morgan fingerprint density at radius 3 is 2.62 bits per heavy atom. The summed E-state index contributed by atoms with van der Waals surface area (Å²) >= 11 is 1.23. The molecule has 2 aromatic heterocycles. The van der Waals surface area contributed by atoms with Gasteiger partial charge in [0.2, 0.25) is 0 Å². The van der Waals surface area contributed by atoms with E-state index >= 15 is 0 Å².